The van der Waals surface area contributed by atoms with Gasteiger partial charge in [-0.3, -0.25) is 9.20 Å². The molecule has 3 heterocycles. The van der Waals surface area contributed by atoms with Gasteiger partial charge in [0.25, 0.3) is 5.91 Å². The number of imidazole rings is 1. The van der Waals surface area contributed by atoms with Gasteiger partial charge in [0.1, 0.15) is 17.0 Å². The molecule has 1 aliphatic rings. The van der Waals surface area contributed by atoms with E-state index in [1.54, 1.807) is 28.4 Å². The second-order valence-electron chi connectivity index (χ2n) is 5.49. The van der Waals surface area contributed by atoms with Crippen LogP contribution in [0.1, 0.15) is 28.4 Å². The molecule has 1 amide bonds. The van der Waals surface area contributed by atoms with Gasteiger partial charge in [-0.25, -0.2) is 9.37 Å². The van der Waals surface area contributed by atoms with Crippen LogP contribution in [0.3, 0.4) is 0 Å². The van der Waals surface area contributed by atoms with Crippen molar-refractivity contribution < 1.29 is 9.18 Å². The second kappa shape index (κ2) is 5.21. The summed E-state index contributed by atoms with van der Waals surface area (Å²) < 4.78 is 15.3. The average Bonchev–Trinajstić information content (AvgIpc) is 3.22. The van der Waals surface area contributed by atoms with E-state index in [9.17, 15) is 9.18 Å². The van der Waals surface area contributed by atoms with Gasteiger partial charge in [0.05, 0.1) is 5.69 Å². The highest BCUT2D eigenvalue weighted by Gasteiger charge is 2.30. The van der Waals surface area contributed by atoms with Gasteiger partial charge in [-0.2, -0.15) is 0 Å². The maximum absolute atomic E-state index is 13.3. The summed E-state index contributed by atoms with van der Waals surface area (Å²) in [5.74, 6) is -0.235. The van der Waals surface area contributed by atoms with Gasteiger partial charge in [0.2, 0.25) is 0 Å². The van der Waals surface area contributed by atoms with E-state index in [1.807, 2.05) is 22.3 Å². The van der Waals surface area contributed by atoms with Crippen LogP contribution in [0.2, 0.25) is 0 Å². The van der Waals surface area contributed by atoms with Crippen molar-refractivity contribution in [2.75, 3.05) is 13.1 Å². The van der Waals surface area contributed by atoms with Crippen molar-refractivity contribution in [1.29, 1.82) is 0 Å². The molecule has 1 aromatic carbocycles. The number of amides is 1. The molecule has 4 nitrogen and oxygen atoms in total. The minimum absolute atomic E-state index is 0.108. The minimum Gasteiger partial charge on any atom is -0.338 e. The molecule has 112 valence electrons. The zero-order chi connectivity index (χ0) is 15.1. The van der Waals surface area contributed by atoms with Gasteiger partial charge >= 0.3 is 0 Å². The Bertz CT molecular complexity index is 841. The molecule has 4 rings (SSSR count). The molecule has 1 aliphatic heterocycles. The van der Waals surface area contributed by atoms with Crippen LogP contribution in [0.5, 0.6) is 0 Å². The Labute approximate surface area is 130 Å². The monoisotopic (exact) mass is 315 g/mol. The van der Waals surface area contributed by atoms with Gasteiger partial charge in [0.15, 0.2) is 0 Å². The number of benzene rings is 1. The summed E-state index contributed by atoms with van der Waals surface area (Å²) in [4.78, 5) is 19.9. The molecule has 0 N–H and O–H groups in total. The molecule has 0 spiro atoms. The van der Waals surface area contributed by atoms with Crippen molar-refractivity contribution in [3.8, 4) is 0 Å². The van der Waals surface area contributed by atoms with Crippen LogP contribution in [0.4, 0.5) is 4.39 Å². The number of rotatable bonds is 2. The molecular formula is C16H14FN3OS. The van der Waals surface area contributed by atoms with E-state index in [0.717, 1.165) is 16.9 Å². The fourth-order valence-electron chi connectivity index (χ4n) is 3.00. The molecule has 1 fully saturated rings. The minimum atomic E-state index is -0.379. The summed E-state index contributed by atoms with van der Waals surface area (Å²) in [6.45, 7) is 1.32. The lowest BCUT2D eigenvalue weighted by Crippen LogP contribution is -2.28. The first kappa shape index (κ1) is 13.5. The van der Waals surface area contributed by atoms with Crippen LogP contribution in [0.15, 0.2) is 42.2 Å². The molecule has 0 unspecified atom stereocenters. The van der Waals surface area contributed by atoms with Gasteiger partial charge < -0.3 is 4.90 Å². The third-order valence-electron chi connectivity index (χ3n) is 4.11. The van der Waals surface area contributed by atoms with Crippen LogP contribution < -0.4 is 0 Å². The van der Waals surface area contributed by atoms with Crippen molar-refractivity contribution in [3.63, 3.8) is 0 Å². The van der Waals surface area contributed by atoms with Crippen molar-refractivity contribution in [2.45, 2.75) is 12.3 Å². The van der Waals surface area contributed by atoms with E-state index in [0.29, 0.717) is 18.7 Å². The molecule has 0 saturated carbocycles. The number of likely N-dealkylation sites (tertiary alicyclic amines) is 1. The first-order chi connectivity index (χ1) is 10.7. The Balaban J connectivity index is 1.55. The number of nitrogens with zero attached hydrogens (tertiary/aromatic N) is 3. The van der Waals surface area contributed by atoms with Gasteiger partial charge in [-0.15, -0.1) is 11.3 Å². The Morgan fingerprint density at radius 2 is 2.32 bits per heavy atom. The topological polar surface area (TPSA) is 37.6 Å². The summed E-state index contributed by atoms with van der Waals surface area (Å²) in [6.07, 6.45) is 4.70. The Hall–Kier alpha value is -2.21. The number of hydrogen-bond donors (Lipinski definition) is 0. The quantitative estimate of drug-likeness (QED) is 0.728. The Kier molecular flexibility index (Phi) is 3.18. The lowest BCUT2D eigenvalue weighted by molar-refractivity contribution is 0.0790. The van der Waals surface area contributed by atoms with E-state index in [-0.39, 0.29) is 17.6 Å². The number of carbonyl (C=O) groups excluding carboxylic acids is 1. The molecule has 1 atom stereocenters. The number of fused-ring (bicyclic) bond motifs is 1. The number of aromatic nitrogens is 2. The van der Waals surface area contributed by atoms with Crippen LogP contribution in [-0.4, -0.2) is 33.3 Å². The normalized spacial score (nSPS) is 18.2. The van der Waals surface area contributed by atoms with Crippen LogP contribution in [-0.2, 0) is 0 Å². The second-order valence-corrected chi connectivity index (χ2v) is 6.39. The molecule has 0 aliphatic carbocycles. The maximum Gasteiger partial charge on any atom is 0.253 e. The SMILES string of the molecule is O=C(c1cccc(F)c1)N1CC[C@@H](c2ncn3ccsc23)C1. The third kappa shape index (κ3) is 2.20. The zero-order valence-electron chi connectivity index (χ0n) is 11.8. The summed E-state index contributed by atoms with van der Waals surface area (Å²) in [5.41, 5.74) is 1.47. The summed E-state index contributed by atoms with van der Waals surface area (Å²) in [6, 6.07) is 5.87. The van der Waals surface area contributed by atoms with Crippen molar-refractivity contribution in [2.24, 2.45) is 0 Å². The van der Waals surface area contributed by atoms with E-state index in [4.69, 9.17) is 0 Å². The first-order valence-corrected chi connectivity index (χ1v) is 8.05. The van der Waals surface area contributed by atoms with E-state index in [2.05, 4.69) is 4.98 Å². The largest absolute Gasteiger partial charge is 0.338 e. The molecule has 0 bridgehead atoms. The van der Waals surface area contributed by atoms with Crippen LogP contribution in [0.25, 0.3) is 4.83 Å². The zero-order valence-corrected chi connectivity index (χ0v) is 12.6. The predicted octanol–water partition coefficient (Wildman–Crippen LogP) is 3.16. The van der Waals surface area contributed by atoms with E-state index < -0.39 is 0 Å². The third-order valence-corrected chi connectivity index (χ3v) is 5.01. The smallest absolute Gasteiger partial charge is 0.253 e. The first-order valence-electron chi connectivity index (χ1n) is 7.17. The summed E-state index contributed by atoms with van der Waals surface area (Å²) >= 11 is 1.66. The number of thiazole rings is 1. The highest BCUT2D eigenvalue weighted by Crippen LogP contribution is 2.31. The van der Waals surface area contributed by atoms with Crippen LogP contribution >= 0.6 is 11.3 Å². The van der Waals surface area contributed by atoms with Crippen molar-refractivity contribution >= 4 is 22.1 Å². The molecule has 0 radical (unpaired) electrons. The maximum atomic E-state index is 13.3. The summed E-state index contributed by atoms with van der Waals surface area (Å²) in [7, 11) is 0. The van der Waals surface area contributed by atoms with Crippen LogP contribution in [0, 0.1) is 5.82 Å². The van der Waals surface area contributed by atoms with E-state index in [1.165, 1.54) is 12.1 Å². The van der Waals surface area contributed by atoms with Crippen molar-refractivity contribution in [1.82, 2.24) is 14.3 Å². The Morgan fingerprint density at radius 3 is 3.18 bits per heavy atom. The molecule has 3 aromatic rings. The van der Waals surface area contributed by atoms with Gasteiger partial charge in [-0.05, 0) is 24.6 Å². The molecular weight excluding hydrogens is 301 g/mol. The predicted molar refractivity (Wildman–Crippen MR) is 82.7 cm³/mol. The standard InChI is InChI=1S/C16H14FN3OS/c17-13-3-1-2-11(8-13)15(21)19-5-4-12(9-19)14-16-20(10-18-14)6-7-22-16/h1-3,6-8,10,12H,4-5,9H2/t12-/m1/s1. The average molecular weight is 315 g/mol. The van der Waals surface area contributed by atoms with Crippen molar-refractivity contribution in [3.05, 3.63) is 59.2 Å². The van der Waals surface area contributed by atoms with E-state index >= 15 is 0 Å². The highest BCUT2D eigenvalue weighted by molar-refractivity contribution is 7.15. The van der Waals surface area contributed by atoms with Gasteiger partial charge in [0, 0.05) is 36.1 Å². The lowest BCUT2D eigenvalue weighted by Gasteiger charge is -2.16. The highest BCUT2D eigenvalue weighted by atomic mass is 32.1. The number of halogens is 1. The van der Waals surface area contributed by atoms with Gasteiger partial charge in [-0.1, -0.05) is 6.07 Å². The Morgan fingerprint density at radius 1 is 1.41 bits per heavy atom. The number of hydrogen-bond acceptors (Lipinski definition) is 3. The lowest BCUT2D eigenvalue weighted by atomic mass is 10.1. The molecule has 2 aromatic heterocycles. The number of carbonyl (C=O) groups is 1. The molecule has 1 saturated heterocycles. The molecule has 6 heteroatoms. The summed E-state index contributed by atoms with van der Waals surface area (Å²) in [5, 5.41) is 2.03. The fourth-order valence-corrected chi connectivity index (χ4v) is 3.89. The fraction of sp³-hybridized carbons (Fsp3) is 0.250. The molecule has 22 heavy (non-hydrogen) atoms.